The van der Waals surface area contributed by atoms with Crippen LogP contribution in [0.2, 0.25) is 0 Å². The van der Waals surface area contributed by atoms with E-state index in [1.165, 1.54) is 22.9 Å². The molecule has 1 N–H and O–H groups in total. The van der Waals surface area contributed by atoms with Gasteiger partial charge in [-0.2, -0.15) is 4.31 Å². The van der Waals surface area contributed by atoms with Gasteiger partial charge in [-0.3, -0.25) is 4.98 Å². The van der Waals surface area contributed by atoms with Crippen LogP contribution in [-0.2, 0) is 10.0 Å². The molecule has 88 valence electrons. The monoisotopic (exact) mass is 242 g/mol. The SMILES string of the molecule is C[C@@H]1CNCCN1S(=O)(=O)c1cnccn1. The lowest BCUT2D eigenvalue weighted by Crippen LogP contribution is -2.52. The van der Waals surface area contributed by atoms with E-state index < -0.39 is 10.0 Å². The van der Waals surface area contributed by atoms with Gasteiger partial charge < -0.3 is 5.32 Å². The smallest absolute Gasteiger partial charge is 0.262 e. The standard InChI is InChI=1S/C9H14N4O2S/c1-8-6-11-4-5-13(8)16(14,15)9-7-10-2-3-12-9/h2-3,7-8,11H,4-6H2,1H3/t8-/m1/s1. The van der Waals surface area contributed by atoms with E-state index in [1.54, 1.807) is 0 Å². The third-order valence-electron chi connectivity index (χ3n) is 2.55. The van der Waals surface area contributed by atoms with E-state index in [-0.39, 0.29) is 11.1 Å². The number of nitrogens with zero attached hydrogens (tertiary/aromatic N) is 3. The fourth-order valence-corrected chi connectivity index (χ4v) is 3.23. The van der Waals surface area contributed by atoms with Crippen LogP contribution < -0.4 is 5.32 Å². The van der Waals surface area contributed by atoms with E-state index in [9.17, 15) is 8.42 Å². The van der Waals surface area contributed by atoms with Crippen molar-refractivity contribution in [2.24, 2.45) is 0 Å². The molecule has 2 rings (SSSR count). The van der Waals surface area contributed by atoms with Crippen molar-refractivity contribution in [3.63, 3.8) is 0 Å². The van der Waals surface area contributed by atoms with Crippen molar-refractivity contribution >= 4 is 10.0 Å². The molecule has 0 amide bonds. The molecule has 2 heterocycles. The Balaban J connectivity index is 2.32. The summed E-state index contributed by atoms with van der Waals surface area (Å²) in [5.74, 6) is 0. The molecule has 6 nitrogen and oxygen atoms in total. The fraction of sp³-hybridized carbons (Fsp3) is 0.556. The minimum Gasteiger partial charge on any atom is -0.314 e. The van der Waals surface area contributed by atoms with E-state index in [2.05, 4.69) is 15.3 Å². The molecule has 0 spiro atoms. The van der Waals surface area contributed by atoms with Gasteiger partial charge >= 0.3 is 0 Å². The highest BCUT2D eigenvalue weighted by Gasteiger charge is 2.31. The summed E-state index contributed by atoms with van der Waals surface area (Å²) in [6, 6.07) is -0.0549. The van der Waals surface area contributed by atoms with Crippen LogP contribution in [0.3, 0.4) is 0 Å². The van der Waals surface area contributed by atoms with Gasteiger partial charge in [0.1, 0.15) is 0 Å². The number of aromatic nitrogens is 2. The van der Waals surface area contributed by atoms with Crippen LogP contribution in [0.5, 0.6) is 0 Å². The minimum atomic E-state index is -3.49. The zero-order chi connectivity index (χ0) is 11.6. The molecule has 1 aromatic heterocycles. The second kappa shape index (κ2) is 4.44. The molecule has 0 unspecified atom stereocenters. The highest BCUT2D eigenvalue weighted by Crippen LogP contribution is 2.15. The van der Waals surface area contributed by atoms with Crippen LogP contribution in [-0.4, -0.2) is 48.4 Å². The number of piperazine rings is 1. The van der Waals surface area contributed by atoms with Crippen LogP contribution in [0.25, 0.3) is 0 Å². The molecule has 0 radical (unpaired) electrons. The van der Waals surface area contributed by atoms with Crippen molar-refractivity contribution in [1.29, 1.82) is 0 Å². The fourth-order valence-electron chi connectivity index (χ4n) is 1.72. The number of hydrogen-bond donors (Lipinski definition) is 1. The first kappa shape index (κ1) is 11.4. The Kier molecular flexibility index (Phi) is 3.17. The van der Waals surface area contributed by atoms with Crippen LogP contribution >= 0.6 is 0 Å². The maximum Gasteiger partial charge on any atom is 0.262 e. The normalized spacial score (nSPS) is 23.2. The third kappa shape index (κ3) is 2.06. The van der Waals surface area contributed by atoms with Crippen molar-refractivity contribution in [3.05, 3.63) is 18.6 Å². The van der Waals surface area contributed by atoms with Gasteiger partial charge in [-0.1, -0.05) is 0 Å². The molecule has 1 aromatic rings. The average molecular weight is 242 g/mol. The molecule has 0 bridgehead atoms. The van der Waals surface area contributed by atoms with Crippen molar-refractivity contribution in [2.45, 2.75) is 18.0 Å². The van der Waals surface area contributed by atoms with Crippen molar-refractivity contribution in [2.75, 3.05) is 19.6 Å². The summed E-state index contributed by atoms with van der Waals surface area (Å²) in [5, 5.41) is 3.16. The van der Waals surface area contributed by atoms with E-state index >= 15 is 0 Å². The summed E-state index contributed by atoms with van der Waals surface area (Å²) in [4.78, 5) is 7.63. The molecular weight excluding hydrogens is 228 g/mol. The first-order valence-corrected chi connectivity index (χ1v) is 6.55. The van der Waals surface area contributed by atoms with E-state index in [0.29, 0.717) is 19.6 Å². The lowest BCUT2D eigenvalue weighted by atomic mass is 10.3. The average Bonchev–Trinajstić information content (AvgIpc) is 2.30. The minimum absolute atomic E-state index is 0.0174. The molecule has 7 heteroatoms. The van der Waals surface area contributed by atoms with Crippen molar-refractivity contribution in [1.82, 2.24) is 19.6 Å². The van der Waals surface area contributed by atoms with Gasteiger partial charge in [0, 0.05) is 38.1 Å². The maximum atomic E-state index is 12.2. The van der Waals surface area contributed by atoms with E-state index in [0.717, 1.165) is 0 Å². The Hall–Kier alpha value is -1.05. The largest absolute Gasteiger partial charge is 0.314 e. The van der Waals surface area contributed by atoms with Crippen molar-refractivity contribution in [3.8, 4) is 0 Å². The Morgan fingerprint density at radius 2 is 2.31 bits per heavy atom. The van der Waals surface area contributed by atoms with Gasteiger partial charge in [0.2, 0.25) is 0 Å². The summed E-state index contributed by atoms with van der Waals surface area (Å²) in [6.45, 7) is 3.68. The molecule has 1 aliphatic heterocycles. The van der Waals surface area contributed by atoms with Gasteiger partial charge in [0.15, 0.2) is 5.03 Å². The summed E-state index contributed by atoms with van der Waals surface area (Å²) in [5.41, 5.74) is 0. The lowest BCUT2D eigenvalue weighted by Gasteiger charge is -2.32. The predicted molar refractivity (Wildman–Crippen MR) is 58.3 cm³/mol. The Labute approximate surface area is 94.8 Å². The summed E-state index contributed by atoms with van der Waals surface area (Å²) in [7, 11) is -3.49. The second-order valence-corrected chi connectivity index (χ2v) is 5.55. The van der Waals surface area contributed by atoms with Crippen molar-refractivity contribution < 1.29 is 8.42 Å². The van der Waals surface area contributed by atoms with Gasteiger partial charge in [0.05, 0.1) is 6.20 Å². The molecular formula is C9H14N4O2S. The van der Waals surface area contributed by atoms with Gasteiger partial charge in [-0.05, 0) is 6.92 Å². The number of hydrogen-bond acceptors (Lipinski definition) is 5. The Morgan fingerprint density at radius 3 is 2.94 bits per heavy atom. The molecule has 1 saturated heterocycles. The molecule has 16 heavy (non-hydrogen) atoms. The highest BCUT2D eigenvalue weighted by atomic mass is 32.2. The first-order valence-electron chi connectivity index (χ1n) is 5.11. The highest BCUT2D eigenvalue weighted by molar-refractivity contribution is 7.89. The maximum absolute atomic E-state index is 12.2. The molecule has 0 aliphatic carbocycles. The second-order valence-electron chi connectivity index (χ2n) is 3.71. The molecule has 1 fully saturated rings. The first-order chi connectivity index (χ1) is 7.62. The van der Waals surface area contributed by atoms with E-state index in [1.807, 2.05) is 6.92 Å². The molecule has 0 aromatic carbocycles. The zero-order valence-electron chi connectivity index (χ0n) is 9.00. The number of nitrogens with one attached hydrogen (secondary N) is 1. The van der Waals surface area contributed by atoms with Gasteiger partial charge in [-0.25, -0.2) is 13.4 Å². The Bertz CT molecular complexity index is 448. The van der Waals surface area contributed by atoms with Crippen LogP contribution in [0.1, 0.15) is 6.92 Å². The van der Waals surface area contributed by atoms with Crippen LogP contribution in [0.15, 0.2) is 23.6 Å². The van der Waals surface area contributed by atoms with Gasteiger partial charge in [0.25, 0.3) is 10.0 Å². The van der Waals surface area contributed by atoms with Gasteiger partial charge in [-0.15, -0.1) is 0 Å². The quantitative estimate of drug-likeness (QED) is 0.754. The zero-order valence-corrected chi connectivity index (χ0v) is 9.81. The third-order valence-corrected chi connectivity index (χ3v) is 4.45. The molecule has 1 atom stereocenters. The molecule has 0 saturated carbocycles. The lowest BCUT2D eigenvalue weighted by molar-refractivity contribution is 0.283. The number of rotatable bonds is 2. The summed E-state index contributed by atoms with van der Waals surface area (Å²) < 4.78 is 25.9. The predicted octanol–water partition coefficient (Wildman–Crippen LogP) is -0.541. The molecule has 1 aliphatic rings. The summed E-state index contributed by atoms with van der Waals surface area (Å²) >= 11 is 0. The number of sulfonamides is 1. The van der Waals surface area contributed by atoms with Crippen LogP contribution in [0, 0.1) is 0 Å². The summed E-state index contributed by atoms with van der Waals surface area (Å²) in [6.07, 6.45) is 4.13. The Morgan fingerprint density at radius 1 is 1.50 bits per heavy atom. The topological polar surface area (TPSA) is 75.2 Å². The van der Waals surface area contributed by atoms with Crippen LogP contribution in [0.4, 0.5) is 0 Å². The van der Waals surface area contributed by atoms with E-state index in [4.69, 9.17) is 0 Å².